The Hall–Kier alpha value is -2.01. The fourth-order valence-corrected chi connectivity index (χ4v) is 1.89. The zero-order chi connectivity index (χ0) is 13.7. The molecule has 0 unspecified atom stereocenters. The second kappa shape index (κ2) is 6.24. The number of aromatic nitrogens is 2. The minimum atomic E-state index is 0.315. The van der Waals surface area contributed by atoms with Crippen LogP contribution in [-0.2, 0) is 6.54 Å². The summed E-state index contributed by atoms with van der Waals surface area (Å²) in [5.74, 6) is 0.860. The van der Waals surface area contributed by atoms with Crippen molar-refractivity contribution < 1.29 is 0 Å². The summed E-state index contributed by atoms with van der Waals surface area (Å²) >= 11 is 4.96. The van der Waals surface area contributed by atoms with E-state index in [1.54, 1.807) is 6.20 Å². The summed E-state index contributed by atoms with van der Waals surface area (Å²) in [7, 11) is 0. The monoisotopic (exact) mass is 272 g/mol. The maximum absolute atomic E-state index is 5.61. The SMILES string of the molecule is CCN(Cc1ccccn1)c1cccc(C(N)=S)n1. The number of anilines is 1. The third kappa shape index (κ3) is 3.48. The summed E-state index contributed by atoms with van der Waals surface area (Å²) in [5.41, 5.74) is 7.27. The molecule has 0 saturated carbocycles. The molecule has 0 aliphatic rings. The Labute approximate surface area is 118 Å². The Morgan fingerprint density at radius 3 is 2.74 bits per heavy atom. The molecule has 0 aromatic carbocycles. The third-order valence-corrected chi connectivity index (χ3v) is 2.98. The summed E-state index contributed by atoms with van der Waals surface area (Å²) in [5, 5.41) is 0. The summed E-state index contributed by atoms with van der Waals surface area (Å²) in [6, 6.07) is 11.6. The van der Waals surface area contributed by atoms with Gasteiger partial charge in [0.1, 0.15) is 10.8 Å². The van der Waals surface area contributed by atoms with Gasteiger partial charge in [0.15, 0.2) is 0 Å². The molecule has 2 rings (SSSR count). The lowest BCUT2D eigenvalue weighted by molar-refractivity contribution is 0.793. The minimum absolute atomic E-state index is 0.315. The van der Waals surface area contributed by atoms with E-state index in [2.05, 4.69) is 21.8 Å². The number of pyridine rings is 2. The van der Waals surface area contributed by atoms with Crippen LogP contribution in [-0.4, -0.2) is 21.5 Å². The molecule has 2 heterocycles. The molecule has 0 atom stereocenters. The van der Waals surface area contributed by atoms with E-state index in [1.807, 2.05) is 36.4 Å². The Kier molecular flexibility index (Phi) is 4.41. The average Bonchev–Trinajstić information content (AvgIpc) is 2.46. The van der Waals surface area contributed by atoms with Gasteiger partial charge >= 0.3 is 0 Å². The maximum atomic E-state index is 5.61. The molecule has 0 saturated heterocycles. The van der Waals surface area contributed by atoms with Crippen molar-refractivity contribution >= 4 is 23.0 Å². The van der Waals surface area contributed by atoms with Crippen LogP contribution in [0.4, 0.5) is 5.82 Å². The molecule has 0 bridgehead atoms. The predicted octanol–water partition coefficient (Wildman–Crippen LogP) is 2.14. The Morgan fingerprint density at radius 2 is 2.11 bits per heavy atom. The first-order chi connectivity index (χ1) is 9.20. The van der Waals surface area contributed by atoms with Crippen molar-refractivity contribution in [2.24, 2.45) is 5.73 Å². The van der Waals surface area contributed by atoms with Gasteiger partial charge in [0.05, 0.1) is 17.9 Å². The Bertz CT molecular complexity index is 556. The molecule has 0 amide bonds. The van der Waals surface area contributed by atoms with Crippen molar-refractivity contribution in [1.82, 2.24) is 9.97 Å². The number of rotatable bonds is 5. The highest BCUT2D eigenvalue weighted by atomic mass is 32.1. The molecule has 0 spiro atoms. The van der Waals surface area contributed by atoms with E-state index in [-0.39, 0.29) is 0 Å². The normalized spacial score (nSPS) is 10.2. The van der Waals surface area contributed by atoms with Crippen LogP contribution in [0.1, 0.15) is 18.3 Å². The largest absolute Gasteiger partial charge is 0.388 e. The number of hydrogen-bond donors (Lipinski definition) is 1. The molecular weight excluding hydrogens is 256 g/mol. The van der Waals surface area contributed by atoms with Crippen molar-refractivity contribution in [1.29, 1.82) is 0 Å². The van der Waals surface area contributed by atoms with Gasteiger partial charge in [-0.2, -0.15) is 0 Å². The second-order valence-corrected chi connectivity index (χ2v) is 4.52. The Balaban J connectivity index is 2.22. The van der Waals surface area contributed by atoms with Crippen LogP contribution in [0.25, 0.3) is 0 Å². The van der Waals surface area contributed by atoms with Crippen LogP contribution in [0.5, 0.6) is 0 Å². The fourth-order valence-electron chi connectivity index (χ4n) is 1.78. The van der Waals surface area contributed by atoms with Gasteiger partial charge in [-0.15, -0.1) is 0 Å². The fraction of sp³-hybridized carbons (Fsp3) is 0.214. The van der Waals surface area contributed by atoms with Crippen molar-refractivity contribution in [2.45, 2.75) is 13.5 Å². The molecule has 4 nitrogen and oxygen atoms in total. The summed E-state index contributed by atoms with van der Waals surface area (Å²) < 4.78 is 0. The van der Waals surface area contributed by atoms with Crippen molar-refractivity contribution in [2.75, 3.05) is 11.4 Å². The zero-order valence-electron chi connectivity index (χ0n) is 10.8. The number of nitrogens with two attached hydrogens (primary N) is 1. The molecule has 5 heteroatoms. The van der Waals surface area contributed by atoms with Gasteiger partial charge in [0.25, 0.3) is 0 Å². The third-order valence-electron chi connectivity index (χ3n) is 2.77. The summed E-state index contributed by atoms with van der Waals surface area (Å²) in [6.07, 6.45) is 1.79. The number of hydrogen-bond acceptors (Lipinski definition) is 4. The number of nitrogens with zero attached hydrogens (tertiary/aromatic N) is 3. The average molecular weight is 272 g/mol. The molecule has 0 aliphatic carbocycles. The van der Waals surface area contributed by atoms with Gasteiger partial charge in [0.2, 0.25) is 0 Å². The lowest BCUT2D eigenvalue weighted by Gasteiger charge is -2.21. The van der Waals surface area contributed by atoms with Gasteiger partial charge in [-0.05, 0) is 31.2 Å². The van der Waals surface area contributed by atoms with Crippen LogP contribution in [0.15, 0.2) is 42.6 Å². The Morgan fingerprint density at radius 1 is 1.26 bits per heavy atom. The van der Waals surface area contributed by atoms with Gasteiger partial charge in [-0.3, -0.25) is 4.98 Å². The molecule has 2 aromatic rings. The van der Waals surface area contributed by atoms with Gasteiger partial charge in [-0.1, -0.05) is 24.4 Å². The van der Waals surface area contributed by atoms with Crippen LogP contribution in [0.3, 0.4) is 0 Å². The standard InChI is InChI=1S/C14H16N4S/c1-2-18(10-11-6-3-4-9-16-11)13-8-5-7-12(17-13)14(15)19/h3-9H,2,10H2,1H3,(H2,15,19). The molecule has 98 valence electrons. The molecule has 2 N–H and O–H groups in total. The quantitative estimate of drug-likeness (QED) is 0.845. The van der Waals surface area contributed by atoms with E-state index in [9.17, 15) is 0 Å². The maximum Gasteiger partial charge on any atom is 0.129 e. The smallest absolute Gasteiger partial charge is 0.129 e. The molecule has 0 aliphatic heterocycles. The van der Waals surface area contributed by atoms with Crippen LogP contribution in [0, 0.1) is 0 Å². The van der Waals surface area contributed by atoms with Crippen molar-refractivity contribution in [3.8, 4) is 0 Å². The summed E-state index contributed by atoms with van der Waals surface area (Å²) in [4.78, 5) is 11.2. The molecule has 0 radical (unpaired) electrons. The lowest BCUT2D eigenvalue weighted by atomic mass is 10.3. The first-order valence-electron chi connectivity index (χ1n) is 6.12. The molecule has 2 aromatic heterocycles. The summed E-state index contributed by atoms with van der Waals surface area (Å²) in [6.45, 7) is 3.63. The highest BCUT2D eigenvalue weighted by Gasteiger charge is 2.08. The van der Waals surface area contributed by atoms with Crippen LogP contribution < -0.4 is 10.6 Å². The molecule has 19 heavy (non-hydrogen) atoms. The van der Waals surface area contributed by atoms with Gasteiger partial charge in [-0.25, -0.2) is 4.98 Å². The minimum Gasteiger partial charge on any atom is -0.388 e. The topological polar surface area (TPSA) is 55.0 Å². The highest BCUT2D eigenvalue weighted by Crippen LogP contribution is 2.14. The predicted molar refractivity (Wildman–Crippen MR) is 81.1 cm³/mol. The van der Waals surface area contributed by atoms with Crippen molar-refractivity contribution in [3.63, 3.8) is 0 Å². The van der Waals surface area contributed by atoms with E-state index in [0.29, 0.717) is 17.2 Å². The first-order valence-corrected chi connectivity index (χ1v) is 6.53. The van der Waals surface area contributed by atoms with Crippen molar-refractivity contribution in [3.05, 3.63) is 54.0 Å². The van der Waals surface area contributed by atoms with E-state index >= 15 is 0 Å². The van der Waals surface area contributed by atoms with E-state index in [0.717, 1.165) is 18.1 Å². The van der Waals surface area contributed by atoms with E-state index < -0.39 is 0 Å². The zero-order valence-corrected chi connectivity index (χ0v) is 11.6. The van der Waals surface area contributed by atoms with Crippen LogP contribution >= 0.6 is 12.2 Å². The van der Waals surface area contributed by atoms with Crippen LogP contribution in [0.2, 0.25) is 0 Å². The second-order valence-electron chi connectivity index (χ2n) is 4.08. The highest BCUT2D eigenvalue weighted by molar-refractivity contribution is 7.80. The molecular formula is C14H16N4S. The lowest BCUT2D eigenvalue weighted by Crippen LogP contribution is -2.24. The molecule has 0 fully saturated rings. The van der Waals surface area contributed by atoms with Gasteiger partial charge in [0, 0.05) is 12.7 Å². The first kappa shape index (κ1) is 13.4. The van der Waals surface area contributed by atoms with E-state index in [4.69, 9.17) is 18.0 Å². The van der Waals surface area contributed by atoms with Gasteiger partial charge < -0.3 is 10.6 Å². The van der Waals surface area contributed by atoms with E-state index in [1.165, 1.54) is 0 Å². The number of thiocarbonyl (C=S) groups is 1.